The number of amides is 1. The monoisotopic (exact) mass is 251 g/mol. The van der Waals surface area contributed by atoms with Gasteiger partial charge in [0.15, 0.2) is 0 Å². The van der Waals surface area contributed by atoms with E-state index in [1.54, 1.807) is 0 Å². The molecule has 1 aromatic rings. The molecule has 2 N–H and O–H groups in total. The number of nitrogens with zero attached hydrogens (tertiary/aromatic N) is 1. The van der Waals surface area contributed by atoms with Crippen LogP contribution in [0.4, 0.5) is 0 Å². The van der Waals surface area contributed by atoms with Crippen molar-refractivity contribution in [2.24, 2.45) is 0 Å². The van der Waals surface area contributed by atoms with Crippen LogP contribution in [0.1, 0.15) is 44.1 Å². The molecular weight excluding hydrogens is 230 g/mol. The van der Waals surface area contributed by atoms with E-state index in [-0.39, 0.29) is 11.4 Å². The molecule has 1 aliphatic rings. The van der Waals surface area contributed by atoms with Gasteiger partial charge in [0, 0.05) is 6.07 Å². The van der Waals surface area contributed by atoms with Gasteiger partial charge in [-0.25, -0.2) is 0 Å². The first-order valence-electron chi connectivity index (χ1n) is 6.62. The first-order valence-corrected chi connectivity index (χ1v) is 6.62. The maximum absolute atomic E-state index is 12.3. The van der Waals surface area contributed by atoms with Crippen LogP contribution in [0.25, 0.3) is 0 Å². The first kappa shape index (κ1) is 13.1. The Morgan fingerprint density at radius 1 is 1.67 bits per heavy atom. The highest BCUT2D eigenvalue weighted by atomic mass is 16.5. The summed E-state index contributed by atoms with van der Waals surface area (Å²) in [7, 11) is 0. The molecule has 1 fully saturated rings. The number of nitrogens with one attached hydrogen (secondary N) is 2. The zero-order valence-electron chi connectivity index (χ0n) is 11.1. The lowest BCUT2D eigenvalue weighted by molar-refractivity contribution is -0.127. The summed E-state index contributed by atoms with van der Waals surface area (Å²) < 4.78 is 4.98. The Hall–Kier alpha value is -1.36. The predicted octanol–water partition coefficient (Wildman–Crippen LogP) is 1.52. The van der Waals surface area contributed by atoms with Crippen LogP contribution in [0.2, 0.25) is 0 Å². The Labute approximate surface area is 107 Å². The third-order valence-corrected chi connectivity index (χ3v) is 3.46. The standard InChI is InChI=1S/C13H21N3O2/c1-3-5-13(6-4-7-15-13)12(17)14-9-11-8-10(2)18-16-11/h8,15H,3-7,9H2,1-2H3,(H,14,17). The molecule has 0 aliphatic carbocycles. The van der Waals surface area contributed by atoms with Gasteiger partial charge in [0.25, 0.3) is 0 Å². The highest BCUT2D eigenvalue weighted by Gasteiger charge is 2.39. The quantitative estimate of drug-likeness (QED) is 0.832. The zero-order chi connectivity index (χ0) is 13.0. The van der Waals surface area contributed by atoms with Gasteiger partial charge in [-0.1, -0.05) is 18.5 Å². The molecule has 5 heteroatoms. The van der Waals surface area contributed by atoms with E-state index >= 15 is 0 Å². The minimum Gasteiger partial charge on any atom is -0.361 e. The van der Waals surface area contributed by atoms with Crippen LogP contribution >= 0.6 is 0 Å². The summed E-state index contributed by atoms with van der Waals surface area (Å²) in [6, 6.07) is 1.84. The Morgan fingerprint density at radius 2 is 2.50 bits per heavy atom. The number of aromatic nitrogens is 1. The largest absolute Gasteiger partial charge is 0.361 e. The summed E-state index contributed by atoms with van der Waals surface area (Å²) >= 11 is 0. The SMILES string of the molecule is CCCC1(C(=O)NCc2cc(C)on2)CCCN1. The number of aryl methyl sites for hydroxylation is 1. The Balaban J connectivity index is 1.93. The van der Waals surface area contributed by atoms with Crippen molar-refractivity contribution in [2.45, 2.75) is 51.6 Å². The molecular formula is C13H21N3O2. The van der Waals surface area contributed by atoms with Gasteiger partial charge in [0.2, 0.25) is 5.91 Å². The van der Waals surface area contributed by atoms with Crippen molar-refractivity contribution in [1.82, 2.24) is 15.8 Å². The van der Waals surface area contributed by atoms with Crippen molar-refractivity contribution < 1.29 is 9.32 Å². The molecule has 0 radical (unpaired) electrons. The van der Waals surface area contributed by atoms with Gasteiger partial charge < -0.3 is 15.2 Å². The number of carbonyl (C=O) groups is 1. The molecule has 0 bridgehead atoms. The zero-order valence-corrected chi connectivity index (χ0v) is 11.1. The maximum Gasteiger partial charge on any atom is 0.240 e. The summed E-state index contributed by atoms with van der Waals surface area (Å²) in [5, 5.41) is 10.2. The summed E-state index contributed by atoms with van der Waals surface area (Å²) in [6.07, 6.45) is 3.88. The molecule has 1 atom stereocenters. The third-order valence-electron chi connectivity index (χ3n) is 3.46. The lowest BCUT2D eigenvalue weighted by Crippen LogP contribution is -2.53. The second-order valence-electron chi connectivity index (χ2n) is 4.97. The molecule has 1 amide bonds. The number of hydrogen-bond donors (Lipinski definition) is 2. The molecule has 0 aromatic carbocycles. The van der Waals surface area contributed by atoms with Crippen molar-refractivity contribution in [3.63, 3.8) is 0 Å². The van der Waals surface area contributed by atoms with Crippen molar-refractivity contribution in [3.8, 4) is 0 Å². The Kier molecular flexibility index (Phi) is 4.01. The fourth-order valence-electron chi connectivity index (χ4n) is 2.60. The molecule has 100 valence electrons. The van der Waals surface area contributed by atoms with Crippen LogP contribution < -0.4 is 10.6 Å². The van der Waals surface area contributed by atoms with Gasteiger partial charge >= 0.3 is 0 Å². The number of carbonyl (C=O) groups excluding carboxylic acids is 1. The van der Waals surface area contributed by atoms with Crippen LogP contribution in [0.3, 0.4) is 0 Å². The highest BCUT2D eigenvalue weighted by Crippen LogP contribution is 2.25. The average Bonchev–Trinajstić information content (AvgIpc) is 2.97. The molecule has 1 aliphatic heterocycles. The molecule has 1 unspecified atom stereocenters. The van der Waals surface area contributed by atoms with Crippen molar-refractivity contribution in [2.75, 3.05) is 6.54 Å². The molecule has 0 spiro atoms. The number of rotatable bonds is 5. The Morgan fingerprint density at radius 3 is 3.06 bits per heavy atom. The minimum atomic E-state index is -0.368. The predicted molar refractivity (Wildman–Crippen MR) is 68.0 cm³/mol. The molecule has 5 nitrogen and oxygen atoms in total. The van der Waals surface area contributed by atoms with Crippen LogP contribution in [-0.4, -0.2) is 23.1 Å². The van der Waals surface area contributed by atoms with Gasteiger partial charge in [-0.2, -0.15) is 0 Å². The van der Waals surface area contributed by atoms with Gasteiger partial charge in [-0.15, -0.1) is 0 Å². The van der Waals surface area contributed by atoms with E-state index in [2.05, 4.69) is 22.7 Å². The van der Waals surface area contributed by atoms with Crippen LogP contribution in [0.5, 0.6) is 0 Å². The molecule has 0 saturated carbocycles. The molecule has 2 rings (SSSR count). The summed E-state index contributed by atoms with van der Waals surface area (Å²) in [5.41, 5.74) is 0.401. The van der Waals surface area contributed by atoms with Crippen LogP contribution in [-0.2, 0) is 11.3 Å². The van der Waals surface area contributed by atoms with Gasteiger partial charge in [-0.05, 0) is 32.7 Å². The van der Waals surface area contributed by atoms with Gasteiger partial charge in [0.1, 0.15) is 11.5 Å². The van der Waals surface area contributed by atoms with Crippen molar-refractivity contribution in [3.05, 3.63) is 17.5 Å². The maximum atomic E-state index is 12.3. The molecule has 1 aromatic heterocycles. The Bertz CT molecular complexity index is 408. The summed E-state index contributed by atoms with van der Waals surface area (Å²) in [5.74, 6) is 0.851. The number of hydrogen-bond acceptors (Lipinski definition) is 4. The summed E-state index contributed by atoms with van der Waals surface area (Å²) in [6.45, 7) is 5.31. The minimum absolute atomic E-state index is 0.0857. The smallest absolute Gasteiger partial charge is 0.240 e. The van der Waals surface area contributed by atoms with E-state index in [1.165, 1.54) is 0 Å². The molecule has 1 saturated heterocycles. The fraction of sp³-hybridized carbons (Fsp3) is 0.692. The second-order valence-corrected chi connectivity index (χ2v) is 4.97. The van der Waals surface area contributed by atoms with Crippen LogP contribution in [0.15, 0.2) is 10.6 Å². The normalized spacial score (nSPS) is 23.2. The second kappa shape index (κ2) is 5.52. The average molecular weight is 251 g/mol. The van der Waals surface area contributed by atoms with Crippen molar-refractivity contribution in [1.29, 1.82) is 0 Å². The van der Waals surface area contributed by atoms with E-state index in [9.17, 15) is 4.79 Å². The van der Waals surface area contributed by atoms with E-state index in [0.29, 0.717) is 6.54 Å². The fourth-order valence-corrected chi connectivity index (χ4v) is 2.60. The molecule has 2 heterocycles. The molecule has 18 heavy (non-hydrogen) atoms. The van der Waals surface area contributed by atoms with Gasteiger partial charge in [0.05, 0.1) is 12.1 Å². The van der Waals surface area contributed by atoms with Crippen molar-refractivity contribution >= 4 is 5.91 Å². The lowest BCUT2D eigenvalue weighted by atomic mass is 9.91. The summed E-state index contributed by atoms with van der Waals surface area (Å²) in [4.78, 5) is 12.3. The van der Waals surface area contributed by atoms with E-state index in [0.717, 1.165) is 43.7 Å². The van der Waals surface area contributed by atoms with E-state index < -0.39 is 0 Å². The highest BCUT2D eigenvalue weighted by molar-refractivity contribution is 5.86. The van der Waals surface area contributed by atoms with Crippen LogP contribution in [0, 0.1) is 6.92 Å². The van der Waals surface area contributed by atoms with E-state index in [4.69, 9.17) is 4.52 Å². The van der Waals surface area contributed by atoms with E-state index in [1.807, 2.05) is 13.0 Å². The topological polar surface area (TPSA) is 67.2 Å². The lowest BCUT2D eigenvalue weighted by Gasteiger charge is -2.27. The first-order chi connectivity index (χ1) is 8.66. The third kappa shape index (κ3) is 2.72. The van der Waals surface area contributed by atoms with Gasteiger partial charge in [-0.3, -0.25) is 4.79 Å².